The number of fused-ring (bicyclic) bond motifs is 1. The van der Waals surface area contributed by atoms with E-state index < -0.39 is 17.4 Å². The average molecular weight is 389 g/mol. The van der Waals surface area contributed by atoms with Crippen molar-refractivity contribution in [2.24, 2.45) is 0 Å². The summed E-state index contributed by atoms with van der Waals surface area (Å²) in [5.74, 6) is -0.580. The monoisotopic (exact) mass is 388 g/mol. The van der Waals surface area contributed by atoms with Gasteiger partial charge >= 0.3 is 5.97 Å². The Hall–Kier alpha value is -1.44. The smallest absolute Gasteiger partial charge is 0.339 e. The van der Waals surface area contributed by atoms with E-state index in [1.54, 1.807) is 18.2 Å². The standard InChI is InChI=1S/C15H14Cl2N2O4S/c1-23-15(22)14-19-11(7-24-14)13(21)18(6-12(19)20)5-8-2-3-9(16)10(17)4-8/h2-4,11,14H,5-7H2,1H3/t11-,14-/m1/s1. The van der Waals surface area contributed by atoms with Crippen LogP contribution in [-0.2, 0) is 25.7 Å². The van der Waals surface area contributed by atoms with Crippen molar-refractivity contribution in [3.63, 3.8) is 0 Å². The van der Waals surface area contributed by atoms with Gasteiger partial charge in [-0.3, -0.25) is 9.59 Å². The lowest BCUT2D eigenvalue weighted by Gasteiger charge is -2.37. The highest BCUT2D eigenvalue weighted by Crippen LogP contribution is 2.34. The molecule has 1 aromatic carbocycles. The topological polar surface area (TPSA) is 66.9 Å². The number of carbonyl (C=O) groups excluding carboxylic acids is 3. The molecule has 24 heavy (non-hydrogen) atoms. The molecule has 1 aromatic rings. The van der Waals surface area contributed by atoms with Gasteiger partial charge in [-0.15, -0.1) is 11.8 Å². The number of nitrogens with zero attached hydrogens (tertiary/aromatic N) is 2. The molecule has 0 bridgehead atoms. The first-order valence-corrected chi connectivity index (χ1v) is 8.96. The van der Waals surface area contributed by atoms with Crippen molar-refractivity contribution in [2.75, 3.05) is 19.4 Å². The maximum absolute atomic E-state index is 12.7. The molecule has 128 valence electrons. The maximum Gasteiger partial charge on any atom is 0.339 e. The van der Waals surface area contributed by atoms with E-state index in [-0.39, 0.29) is 24.9 Å². The molecule has 2 heterocycles. The van der Waals surface area contributed by atoms with Crippen molar-refractivity contribution in [1.82, 2.24) is 9.80 Å². The van der Waals surface area contributed by atoms with Crippen molar-refractivity contribution in [1.29, 1.82) is 0 Å². The second-order valence-corrected chi connectivity index (χ2v) is 7.40. The highest BCUT2D eigenvalue weighted by molar-refractivity contribution is 8.00. The fraction of sp³-hybridized carbons (Fsp3) is 0.400. The molecule has 6 nitrogen and oxygen atoms in total. The zero-order chi connectivity index (χ0) is 17.4. The third-order valence-corrected chi connectivity index (χ3v) is 5.95. The summed E-state index contributed by atoms with van der Waals surface area (Å²) in [5.41, 5.74) is 0.786. The Kier molecular flexibility index (Phi) is 4.94. The van der Waals surface area contributed by atoms with Crippen LogP contribution in [0.2, 0.25) is 10.0 Å². The van der Waals surface area contributed by atoms with Crippen LogP contribution in [0.1, 0.15) is 5.56 Å². The molecule has 2 fully saturated rings. The number of thioether (sulfide) groups is 1. The van der Waals surface area contributed by atoms with Gasteiger partial charge in [0.2, 0.25) is 11.8 Å². The minimum Gasteiger partial charge on any atom is -0.467 e. The predicted molar refractivity (Wildman–Crippen MR) is 90.8 cm³/mol. The van der Waals surface area contributed by atoms with Crippen LogP contribution in [0.5, 0.6) is 0 Å². The Bertz CT molecular complexity index is 715. The fourth-order valence-corrected chi connectivity index (χ4v) is 4.46. The third-order valence-electron chi connectivity index (χ3n) is 3.97. The minimum atomic E-state index is -0.747. The predicted octanol–water partition coefficient (Wildman–Crippen LogP) is 1.78. The Morgan fingerprint density at radius 3 is 2.75 bits per heavy atom. The highest BCUT2D eigenvalue weighted by atomic mass is 35.5. The molecule has 2 aliphatic rings. The van der Waals surface area contributed by atoms with Gasteiger partial charge in [0.1, 0.15) is 12.6 Å². The van der Waals surface area contributed by atoms with Crippen molar-refractivity contribution >= 4 is 52.7 Å². The summed E-state index contributed by atoms with van der Waals surface area (Å²) in [6.45, 7) is 0.184. The quantitative estimate of drug-likeness (QED) is 0.738. The van der Waals surface area contributed by atoms with Crippen LogP contribution in [0.15, 0.2) is 18.2 Å². The number of esters is 1. The van der Waals surface area contributed by atoms with Crippen LogP contribution in [0.4, 0.5) is 0 Å². The number of benzene rings is 1. The number of piperazine rings is 1. The number of ether oxygens (including phenoxy) is 1. The van der Waals surface area contributed by atoms with Gasteiger partial charge in [-0.25, -0.2) is 4.79 Å². The number of methoxy groups -OCH3 is 1. The number of rotatable bonds is 3. The average Bonchev–Trinajstić information content (AvgIpc) is 3.01. The molecule has 9 heteroatoms. The van der Waals surface area contributed by atoms with Crippen LogP contribution in [-0.4, -0.2) is 58.4 Å². The van der Waals surface area contributed by atoms with E-state index in [9.17, 15) is 14.4 Å². The molecule has 2 saturated heterocycles. The lowest BCUT2D eigenvalue weighted by atomic mass is 10.1. The molecule has 0 radical (unpaired) electrons. The highest BCUT2D eigenvalue weighted by Gasteiger charge is 2.50. The normalized spacial score (nSPS) is 23.5. The first-order chi connectivity index (χ1) is 11.4. The van der Waals surface area contributed by atoms with Crippen LogP contribution in [0.3, 0.4) is 0 Å². The Morgan fingerprint density at radius 1 is 1.33 bits per heavy atom. The first-order valence-electron chi connectivity index (χ1n) is 7.15. The first kappa shape index (κ1) is 17.4. The molecule has 0 aromatic heterocycles. The van der Waals surface area contributed by atoms with Gasteiger partial charge in [0, 0.05) is 12.3 Å². The van der Waals surface area contributed by atoms with Crippen LogP contribution >= 0.6 is 35.0 Å². The van der Waals surface area contributed by atoms with Crippen molar-refractivity contribution in [3.05, 3.63) is 33.8 Å². The summed E-state index contributed by atoms with van der Waals surface area (Å²) in [6, 6.07) is 4.46. The molecular weight excluding hydrogens is 375 g/mol. The Labute approximate surface area is 153 Å². The van der Waals surface area contributed by atoms with E-state index in [4.69, 9.17) is 27.9 Å². The summed E-state index contributed by atoms with van der Waals surface area (Å²) < 4.78 is 4.71. The van der Waals surface area contributed by atoms with E-state index >= 15 is 0 Å². The van der Waals surface area contributed by atoms with Crippen molar-refractivity contribution in [3.8, 4) is 0 Å². The van der Waals surface area contributed by atoms with Crippen molar-refractivity contribution < 1.29 is 19.1 Å². The number of carbonyl (C=O) groups is 3. The van der Waals surface area contributed by atoms with Crippen LogP contribution < -0.4 is 0 Å². The molecule has 0 saturated carbocycles. The van der Waals surface area contributed by atoms with E-state index in [1.165, 1.54) is 28.7 Å². The largest absolute Gasteiger partial charge is 0.467 e. The number of hydrogen-bond donors (Lipinski definition) is 0. The molecular formula is C15H14Cl2N2O4S. The zero-order valence-electron chi connectivity index (χ0n) is 12.7. The summed E-state index contributed by atoms with van der Waals surface area (Å²) >= 11 is 13.1. The van der Waals surface area contributed by atoms with Gasteiger partial charge < -0.3 is 14.5 Å². The molecule has 0 N–H and O–H groups in total. The molecule has 2 aliphatic heterocycles. The second kappa shape index (κ2) is 6.82. The second-order valence-electron chi connectivity index (χ2n) is 5.47. The lowest BCUT2D eigenvalue weighted by molar-refractivity contribution is -0.160. The number of hydrogen-bond acceptors (Lipinski definition) is 5. The minimum absolute atomic E-state index is 0.0797. The van der Waals surface area contributed by atoms with E-state index in [1.807, 2.05) is 0 Å². The fourth-order valence-electron chi connectivity index (χ4n) is 2.81. The van der Waals surface area contributed by atoms with Gasteiger partial charge in [0.05, 0.1) is 17.2 Å². The molecule has 0 spiro atoms. The lowest BCUT2D eigenvalue weighted by Crippen LogP contribution is -2.60. The van der Waals surface area contributed by atoms with E-state index in [0.717, 1.165) is 5.56 Å². The molecule has 3 rings (SSSR count). The maximum atomic E-state index is 12.7. The molecule has 0 aliphatic carbocycles. The number of amides is 2. The van der Waals surface area contributed by atoms with E-state index in [0.29, 0.717) is 15.8 Å². The summed E-state index contributed by atoms with van der Waals surface area (Å²) in [4.78, 5) is 39.7. The van der Waals surface area contributed by atoms with Gasteiger partial charge in [0.15, 0.2) is 5.37 Å². The van der Waals surface area contributed by atoms with Crippen LogP contribution in [0, 0.1) is 0 Å². The SMILES string of the molecule is COC(=O)[C@H]1SC[C@@H]2C(=O)N(Cc3ccc(Cl)c(Cl)c3)CC(=O)N21. The summed E-state index contributed by atoms with van der Waals surface area (Å²) in [5, 5.41) is 0.0816. The zero-order valence-corrected chi connectivity index (χ0v) is 15.0. The summed E-state index contributed by atoms with van der Waals surface area (Å²) in [6.07, 6.45) is 0. The molecule has 2 amide bonds. The number of halogens is 2. The van der Waals surface area contributed by atoms with Gasteiger partial charge in [-0.1, -0.05) is 29.3 Å². The van der Waals surface area contributed by atoms with Gasteiger partial charge in [-0.2, -0.15) is 0 Å². The Morgan fingerprint density at radius 2 is 2.08 bits per heavy atom. The Balaban J connectivity index is 1.77. The van der Waals surface area contributed by atoms with E-state index in [2.05, 4.69) is 0 Å². The van der Waals surface area contributed by atoms with Gasteiger partial charge in [-0.05, 0) is 17.7 Å². The van der Waals surface area contributed by atoms with Gasteiger partial charge in [0.25, 0.3) is 0 Å². The third kappa shape index (κ3) is 3.08. The summed E-state index contributed by atoms with van der Waals surface area (Å²) in [7, 11) is 1.27. The van der Waals surface area contributed by atoms with Crippen molar-refractivity contribution in [2.45, 2.75) is 18.0 Å². The molecule has 2 atom stereocenters. The van der Waals surface area contributed by atoms with Crippen LogP contribution in [0.25, 0.3) is 0 Å². The molecule has 0 unspecified atom stereocenters.